The van der Waals surface area contributed by atoms with Gasteiger partial charge in [-0.3, -0.25) is 9.59 Å². The van der Waals surface area contributed by atoms with Gasteiger partial charge < -0.3 is 10.2 Å². The van der Waals surface area contributed by atoms with Crippen molar-refractivity contribution in [2.75, 3.05) is 19.6 Å². The van der Waals surface area contributed by atoms with Gasteiger partial charge in [-0.05, 0) is 41.9 Å². The highest BCUT2D eigenvalue weighted by molar-refractivity contribution is 5.89. The van der Waals surface area contributed by atoms with Crippen LogP contribution in [0.2, 0.25) is 0 Å². The average molecular weight is 455 g/mol. The van der Waals surface area contributed by atoms with E-state index in [1.54, 1.807) is 0 Å². The second-order valence-corrected chi connectivity index (χ2v) is 9.34. The lowest BCUT2D eigenvalue weighted by molar-refractivity contribution is -0.137. The third kappa shape index (κ3) is 5.56. The third-order valence-electron chi connectivity index (χ3n) is 7.14. The van der Waals surface area contributed by atoms with E-state index in [0.717, 1.165) is 12.0 Å². The zero-order chi connectivity index (χ0) is 23.8. The number of carbonyl (C=O) groups excluding carboxylic acids is 2. The molecular weight excluding hydrogens is 420 g/mol. The highest BCUT2D eigenvalue weighted by atomic mass is 16.2. The maximum absolute atomic E-state index is 13.6. The molecule has 1 heterocycles. The van der Waals surface area contributed by atoms with Gasteiger partial charge in [-0.1, -0.05) is 97.9 Å². The Kier molecular flexibility index (Phi) is 7.79. The Bertz CT molecular complexity index is 1060. The summed E-state index contributed by atoms with van der Waals surface area (Å²) in [7, 11) is 0. The van der Waals surface area contributed by atoms with E-state index in [9.17, 15) is 9.59 Å². The molecule has 4 rings (SSSR count). The Hall–Kier alpha value is -3.40. The van der Waals surface area contributed by atoms with E-state index in [1.165, 1.54) is 11.1 Å². The maximum Gasteiger partial charge on any atom is 0.230 e. The first kappa shape index (κ1) is 23.7. The van der Waals surface area contributed by atoms with Crippen molar-refractivity contribution in [2.45, 2.75) is 43.9 Å². The fourth-order valence-electron chi connectivity index (χ4n) is 4.91. The molecule has 4 nitrogen and oxygen atoms in total. The molecule has 0 aliphatic carbocycles. The van der Waals surface area contributed by atoms with Crippen molar-refractivity contribution in [1.82, 2.24) is 10.2 Å². The fourth-order valence-corrected chi connectivity index (χ4v) is 4.91. The minimum atomic E-state index is -0.603. The first-order valence-corrected chi connectivity index (χ1v) is 12.3. The van der Waals surface area contributed by atoms with Gasteiger partial charge in [-0.2, -0.15) is 0 Å². The number of rotatable bonds is 8. The summed E-state index contributed by atoms with van der Waals surface area (Å²) in [5, 5.41) is 3.24. The molecule has 1 saturated heterocycles. The molecule has 1 aliphatic rings. The molecule has 1 unspecified atom stereocenters. The minimum Gasteiger partial charge on any atom is -0.355 e. The second kappa shape index (κ2) is 11.1. The maximum atomic E-state index is 13.6. The summed E-state index contributed by atoms with van der Waals surface area (Å²) < 4.78 is 0. The van der Waals surface area contributed by atoms with E-state index in [-0.39, 0.29) is 17.7 Å². The zero-order valence-corrected chi connectivity index (χ0v) is 20.0. The predicted octanol–water partition coefficient (Wildman–Crippen LogP) is 5.10. The van der Waals surface area contributed by atoms with Gasteiger partial charge in [-0.15, -0.1) is 0 Å². The molecule has 34 heavy (non-hydrogen) atoms. The van der Waals surface area contributed by atoms with Crippen LogP contribution in [0, 0.1) is 0 Å². The topological polar surface area (TPSA) is 49.4 Å². The molecular formula is C30H34N2O2. The number of nitrogens with zero attached hydrogens (tertiary/aromatic N) is 1. The van der Waals surface area contributed by atoms with Gasteiger partial charge >= 0.3 is 0 Å². The summed E-state index contributed by atoms with van der Waals surface area (Å²) in [6.07, 6.45) is 2.53. The summed E-state index contributed by atoms with van der Waals surface area (Å²) in [6, 6.07) is 30.5. The van der Waals surface area contributed by atoms with E-state index in [2.05, 4.69) is 36.5 Å². The van der Waals surface area contributed by atoms with Crippen LogP contribution in [0.1, 0.15) is 48.8 Å². The highest BCUT2D eigenvalue weighted by Gasteiger charge is 2.43. The van der Waals surface area contributed by atoms with E-state index < -0.39 is 5.41 Å². The standard InChI is InChI=1S/C30H34N2O2/c1-24(26-13-7-3-8-14-26)23-31-29(34)30(27-15-9-4-10-16-27)19-21-32(22-20-30)28(33)18-17-25-11-5-2-6-12-25/h2-16,24H,17-23H2,1H3,(H,31,34). The van der Waals surface area contributed by atoms with E-state index in [0.29, 0.717) is 38.9 Å². The molecule has 3 aromatic carbocycles. The molecule has 4 heteroatoms. The van der Waals surface area contributed by atoms with Gasteiger partial charge in [0, 0.05) is 26.1 Å². The SMILES string of the molecule is CC(CNC(=O)C1(c2ccccc2)CCN(C(=O)CCc2ccccc2)CC1)c1ccccc1. The molecule has 0 saturated carbocycles. The molecule has 0 bridgehead atoms. The molecule has 1 fully saturated rings. The summed E-state index contributed by atoms with van der Waals surface area (Å²) in [5.74, 6) is 0.471. The third-order valence-corrected chi connectivity index (χ3v) is 7.14. The number of carbonyl (C=O) groups is 2. The number of benzene rings is 3. The van der Waals surface area contributed by atoms with Gasteiger partial charge in [0.1, 0.15) is 0 Å². The zero-order valence-electron chi connectivity index (χ0n) is 20.0. The van der Waals surface area contributed by atoms with Crippen LogP contribution in [0.3, 0.4) is 0 Å². The average Bonchev–Trinajstić information content (AvgIpc) is 2.91. The Morgan fingerprint density at radius 3 is 2.03 bits per heavy atom. The largest absolute Gasteiger partial charge is 0.355 e. The Labute approximate surface area is 203 Å². The quantitative estimate of drug-likeness (QED) is 0.515. The number of nitrogens with one attached hydrogen (secondary N) is 1. The van der Waals surface area contributed by atoms with Crippen molar-refractivity contribution in [1.29, 1.82) is 0 Å². The smallest absolute Gasteiger partial charge is 0.230 e. The van der Waals surface area contributed by atoms with Crippen LogP contribution in [0.15, 0.2) is 91.0 Å². The lowest BCUT2D eigenvalue weighted by atomic mass is 9.71. The van der Waals surface area contributed by atoms with E-state index >= 15 is 0 Å². The normalized spacial score (nSPS) is 16.0. The van der Waals surface area contributed by atoms with Crippen LogP contribution >= 0.6 is 0 Å². The van der Waals surface area contributed by atoms with Crippen LogP contribution in [0.4, 0.5) is 0 Å². The van der Waals surface area contributed by atoms with Gasteiger partial charge in [0.25, 0.3) is 0 Å². The monoisotopic (exact) mass is 454 g/mol. The molecule has 176 valence electrons. The molecule has 1 atom stereocenters. The molecule has 0 radical (unpaired) electrons. The van der Waals surface area contributed by atoms with Crippen molar-refractivity contribution >= 4 is 11.8 Å². The molecule has 0 spiro atoms. The number of likely N-dealkylation sites (tertiary alicyclic amines) is 1. The summed E-state index contributed by atoms with van der Waals surface area (Å²) in [5.41, 5.74) is 2.83. The van der Waals surface area contributed by atoms with Crippen LogP contribution in [0.5, 0.6) is 0 Å². The Morgan fingerprint density at radius 2 is 1.41 bits per heavy atom. The lowest BCUT2D eigenvalue weighted by Gasteiger charge is -2.41. The van der Waals surface area contributed by atoms with E-state index in [4.69, 9.17) is 0 Å². The first-order chi connectivity index (χ1) is 16.6. The Morgan fingerprint density at radius 1 is 0.853 bits per heavy atom. The van der Waals surface area contributed by atoms with Gasteiger partial charge in [0.05, 0.1) is 5.41 Å². The number of hydrogen-bond acceptors (Lipinski definition) is 2. The molecule has 0 aromatic heterocycles. The predicted molar refractivity (Wildman–Crippen MR) is 137 cm³/mol. The van der Waals surface area contributed by atoms with Crippen molar-refractivity contribution in [3.63, 3.8) is 0 Å². The fraction of sp³-hybridized carbons (Fsp3) is 0.333. The molecule has 2 amide bonds. The summed E-state index contributed by atoms with van der Waals surface area (Å²) >= 11 is 0. The molecule has 3 aromatic rings. The van der Waals surface area contributed by atoms with Crippen molar-refractivity contribution < 1.29 is 9.59 Å². The summed E-state index contributed by atoms with van der Waals surface area (Å²) in [4.78, 5) is 28.4. The van der Waals surface area contributed by atoms with Gasteiger partial charge in [0.2, 0.25) is 11.8 Å². The number of hydrogen-bond donors (Lipinski definition) is 1. The van der Waals surface area contributed by atoms with Gasteiger partial charge in [0.15, 0.2) is 0 Å². The molecule has 1 aliphatic heterocycles. The van der Waals surface area contributed by atoms with Crippen LogP contribution < -0.4 is 5.32 Å². The number of aryl methyl sites for hydroxylation is 1. The lowest BCUT2D eigenvalue weighted by Crippen LogP contribution is -2.53. The van der Waals surface area contributed by atoms with E-state index in [1.807, 2.05) is 71.6 Å². The highest BCUT2D eigenvalue weighted by Crippen LogP contribution is 2.36. The van der Waals surface area contributed by atoms with Crippen molar-refractivity contribution in [3.05, 3.63) is 108 Å². The number of piperidine rings is 1. The first-order valence-electron chi connectivity index (χ1n) is 12.3. The van der Waals surface area contributed by atoms with Crippen molar-refractivity contribution in [3.8, 4) is 0 Å². The van der Waals surface area contributed by atoms with Crippen LogP contribution in [-0.2, 0) is 21.4 Å². The Balaban J connectivity index is 1.41. The summed E-state index contributed by atoms with van der Waals surface area (Å²) in [6.45, 7) is 3.93. The van der Waals surface area contributed by atoms with Crippen LogP contribution in [0.25, 0.3) is 0 Å². The molecule has 1 N–H and O–H groups in total. The second-order valence-electron chi connectivity index (χ2n) is 9.34. The van der Waals surface area contributed by atoms with Gasteiger partial charge in [-0.25, -0.2) is 0 Å². The number of amides is 2. The van der Waals surface area contributed by atoms with Crippen molar-refractivity contribution in [2.24, 2.45) is 0 Å². The minimum absolute atomic E-state index is 0.0675. The van der Waals surface area contributed by atoms with Crippen LogP contribution in [-0.4, -0.2) is 36.3 Å².